The molecule has 0 radical (unpaired) electrons. The van der Waals surface area contributed by atoms with Gasteiger partial charge in [0.15, 0.2) is 6.29 Å². The molecular weight excluding hydrogens is 386 g/mol. The van der Waals surface area contributed by atoms with Crippen molar-refractivity contribution in [1.29, 1.82) is 0 Å². The quantitative estimate of drug-likeness (QED) is 0.401. The first-order chi connectivity index (χ1) is 15.1. The molecule has 0 saturated heterocycles. The van der Waals surface area contributed by atoms with Crippen molar-refractivity contribution >= 4 is 5.91 Å². The van der Waals surface area contributed by atoms with Gasteiger partial charge in [0.25, 0.3) is 0 Å². The van der Waals surface area contributed by atoms with Crippen LogP contribution < -0.4 is 5.32 Å². The van der Waals surface area contributed by atoms with Gasteiger partial charge in [-0.15, -0.1) is 0 Å². The Hall–Kier alpha value is -2.95. The fourth-order valence-corrected chi connectivity index (χ4v) is 4.70. The van der Waals surface area contributed by atoms with E-state index in [0.29, 0.717) is 6.54 Å². The molecule has 1 amide bonds. The van der Waals surface area contributed by atoms with E-state index in [4.69, 9.17) is 4.74 Å². The highest BCUT2D eigenvalue weighted by Crippen LogP contribution is 2.51. The van der Waals surface area contributed by atoms with E-state index in [1.54, 1.807) is 6.92 Å². The molecule has 4 rings (SSSR count). The maximum atomic E-state index is 13.8. The number of fused-ring (bicyclic) bond motifs is 3. The van der Waals surface area contributed by atoms with Crippen LogP contribution in [0.15, 0.2) is 78.9 Å². The Balaban J connectivity index is 1.65. The van der Waals surface area contributed by atoms with Crippen LogP contribution in [0.1, 0.15) is 36.5 Å². The Morgan fingerprint density at radius 3 is 2.13 bits per heavy atom. The van der Waals surface area contributed by atoms with Crippen LogP contribution in [-0.4, -0.2) is 30.5 Å². The largest absolute Gasteiger partial charge is 0.368 e. The molecule has 3 aromatic rings. The fourth-order valence-electron chi connectivity index (χ4n) is 4.70. The summed E-state index contributed by atoms with van der Waals surface area (Å²) in [5.41, 5.74) is 4.95. The van der Waals surface area contributed by atoms with E-state index in [9.17, 15) is 9.90 Å². The monoisotopic (exact) mass is 415 g/mol. The topological polar surface area (TPSA) is 58.6 Å². The van der Waals surface area contributed by atoms with Crippen LogP contribution in [0.25, 0.3) is 11.1 Å². The highest BCUT2D eigenvalue weighted by atomic mass is 16.6. The molecule has 1 aliphatic rings. The maximum Gasteiger partial charge on any atom is 0.235 e. The Labute approximate surface area is 183 Å². The molecular formula is C27H29NO3. The zero-order chi connectivity index (χ0) is 21.7. The summed E-state index contributed by atoms with van der Waals surface area (Å²) in [6.07, 6.45) is 1.69. The fraction of sp³-hybridized carbons (Fsp3) is 0.296. The minimum Gasteiger partial charge on any atom is -0.368 e. The Morgan fingerprint density at radius 1 is 0.935 bits per heavy atom. The summed E-state index contributed by atoms with van der Waals surface area (Å²) in [4.78, 5) is 13.8. The molecule has 0 aliphatic heterocycles. The van der Waals surface area contributed by atoms with Gasteiger partial charge in [0.1, 0.15) is 5.41 Å². The highest BCUT2D eigenvalue weighted by Gasteiger charge is 2.48. The Kier molecular flexibility index (Phi) is 6.50. The minimum absolute atomic E-state index is 0.00726. The lowest BCUT2D eigenvalue weighted by Crippen LogP contribution is -2.45. The molecule has 1 aliphatic carbocycles. The number of carbonyl (C=O) groups is 1. The summed E-state index contributed by atoms with van der Waals surface area (Å²) in [6.45, 7) is 2.19. The van der Waals surface area contributed by atoms with E-state index in [0.717, 1.165) is 41.5 Å². The number of carbonyl (C=O) groups excluding carboxylic acids is 1. The molecule has 0 saturated carbocycles. The molecule has 0 aromatic heterocycles. The first kappa shape index (κ1) is 21.3. The van der Waals surface area contributed by atoms with Crippen LogP contribution >= 0.6 is 0 Å². The average molecular weight is 416 g/mol. The van der Waals surface area contributed by atoms with Crippen LogP contribution in [0.5, 0.6) is 0 Å². The molecule has 2 N–H and O–H groups in total. The summed E-state index contributed by atoms with van der Waals surface area (Å²) >= 11 is 0. The van der Waals surface area contributed by atoms with Crippen LogP contribution in [0.4, 0.5) is 0 Å². The van der Waals surface area contributed by atoms with E-state index < -0.39 is 11.7 Å². The maximum absolute atomic E-state index is 13.8. The molecule has 1 atom stereocenters. The van der Waals surface area contributed by atoms with Crippen LogP contribution in [-0.2, 0) is 21.4 Å². The van der Waals surface area contributed by atoms with Crippen LogP contribution in [0.2, 0.25) is 0 Å². The predicted octanol–water partition coefficient (Wildman–Crippen LogP) is 4.45. The van der Waals surface area contributed by atoms with Crippen LogP contribution in [0.3, 0.4) is 0 Å². The van der Waals surface area contributed by atoms with Gasteiger partial charge in [-0.25, -0.2) is 0 Å². The van der Waals surface area contributed by atoms with Gasteiger partial charge in [-0.1, -0.05) is 78.9 Å². The number of amides is 1. The number of hydrogen-bond acceptors (Lipinski definition) is 3. The second kappa shape index (κ2) is 9.46. The van der Waals surface area contributed by atoms with Crippen molar-refractivity contribution in [2.45, 2.75) is 37.9 Å². The van der Waals surface area contributed by atoms with E-state index >= 15 is 0 Å². The lowest BCUT2D eigenvalue weighted by atomic mass is 9.73. The second-order valence-corrected chi connectivity index (χ2v) is 8.06. The number of rotatable bonds is 9. The van der Waals surface area contributed by atoms with Gasteiger partial charge in [0.05, 0.1) is 6.61 Å². The van der Waals surface area contributed by atoms with Crippen molar-refractivity contribution in [2.75, 3.05) is 13.2 Å². The number of aliphatic hydroxyl groups is 1. The number of ether oxygens (including phenoxy) is 1. The first-order valence-corrected chi connectivity index (χ1v) is 10.9. The second-order valence-electron chi connectivity index (χ2n) is 8.06. The summed E-state index contributed by atoms with van der Waals surface area (Å²) in [7, 11) is 0. The van der Waals surface area contributed by atoms with Crippen molar-refractivity contribution in [3.8, 4) is 11.1 Å². The van der Waals surface area contributed by atoms with Gasteiger partial charge in [-0.2, -0.15) is 0 Å². The standard InChI is InChI=1S/C27H29NO3/c1-20(29)31-19-18-28-26(30)27(17-9-12-21-10-3-2-4-11-21)24-15-7-5-13-22(24)23-14-6-8-16-25(23)27/h2-8,10-11,13-16,20,29H,9,12,17-19H2,1H3,(H,28,30). The van der Waals surface area contributed by atoms with Gasteiger partial charge in [-0.3, -0.25) is 4.79 Å². The molecule has 1 unspecified atom stereocenters. The third-order valence-electron chi connectivity index (χ3n) is 6.06. The zero-order valence-corrected chi connectivity index (χ0v) is 17.9. The number of nitrogens with one attached hydrogen (secondary N) is 1. The predicted molar refractivity (Wildman–Crippen MR) is 123 cm³/mol. The molecule has 31 heavy (non-hydrogen) atoms. The number of hydrogen-bond donors (Lipinski definition) is 2. The summed E-state index contributed by atoms with van der Waals surface area (Å²) < 4.78 is 5.21. The molecule has 160 valence electrons. The van der Waals surface area contributed by atoms with E-state index in [-0.39, 0.29) is 12.5 Å². The smallest absolute Gasteiger partial charge is 0.235 e. The zero-order valence-electron chi connectivity index (χ0n) is 17.9. The van der Waals surface area contributed by atoms with E-state index in [2.05, 4.69) is 53.8 Å². The first-order valence-electron chi connectivity index (χ1n) is 10.9. The summed E-state index contributed by atoms with van der Waals surface area (Å²) in [6, 6.07) is 26.9. The van der Waals surface area contributed by atoms with E-state index in [1.807, 2.05) is 30.3 Å². The number of aryl methyl sites for hydroxylation is 1. The SMILES string of the molecule is CC(O)OCCNC(=O)C1(CCCc2ccccc2)c2ccccc2-c2ccccc21. The molecule has 0 heterocycles. The van der Waals surface area contributed by atoms with Crippen molar-refractivity contribution in [3.63, 3.8) is 0 Å². The normalized spacial score (nSPS) is 14.5. The molecule has 0 fully saturated rings. The lowest BCUT2D eigenvalue weighted by Gasteiger charge is -2.31. The van der Waals surface area contributed by atoms with Crippen molar-refractivity contribution in [2.24, 2.45) is 0 Å². The lowest BCUT2D eigenvalue weighted by molar-refractivity contribution is -0.127. The molecule has 0 spiro atoms. The average Bonchev–Trinajstić information content (AvgIpc) is 3.08. The molecule has 4 nitrogen and oxygen atoms in total. The summed E-state index contributed by atoms with van der Waals surface area (Å²) in [5, 5.41) is 12.4. The van der Waals surface area contributed by atoms with Gasteiger partial charge in [0.2, 0.25) is 5.91 Å². The minimum atomic E-state index is -0.843. The Bertz CT molecular complexity index is 984. The molecule has 4 heteroatoms. The van der Waals surface area contributed by atoms with Gasteiger partial charge in [0, 0.05) is 6.54 Å². The van der Waals surface area contributed by atoms with Gasteiger partial charge in [-0.05, 0) is 54.0 Å². The number of benzene rings is 3. The third-order valence-corrected chi connectivity index (χ3v) is 6.06. The summed E-state index contributed by atoms with van der Waals surface area (Å²) in [5.74, 6) is -0.00726. The van der Waals surface area contributed by atoms with E-state index in [1.165, 1.54) is 5.56 Å². The number of aliphatic hydroxyl groups excluding tert-OH is 1. The molecule has 3 aromatic carbocycles. The van der Waals surface area contributed by atoms with Crippen molar-refractivity contribution < 1.29 is 14.6 Å². The van der Waals surface area contributed by atoms with Gasteiger partial charge >= 0.3 is 0 Å². The Morgan fingerprint density at radius 2 is 1.52 bits per heavy atom. The van der Waals surface area contributed by atoms with Crippen LogP contribution in [0, 0.1) is 0 Å². The van der Waals surface area contributed by atoms with Crippen molar-refractivity contribution in [3.05, 3.63) is 95.6 Å². The molecule has 0 bridgehead atoms. The highest BCUT2D eigenvalue weighted by molar-refractivity contribution is 6.00. The van der Waals surface area contributed by atoms with Gasteiger partial charge < -0.3 is 15.2 Å². The third kappa shape index (κ3) is 4.27. The van der Waals surface area contributed by atoms with Crippen molar-refractivity contribution in [1.82, 2.24) is 5.32 Å².